The first-order valence-electron chi connectivity index (χ1n) is 6.63. The van der Waals surface area contributed by atoms with Crippen LogP contribution in [0.1, 0.15) is 28.1 Å². The molecule has 1 fully saturated rings. The Labute approximate surface area is 112 Å². The first kappa shape index (κ1) is 11.1. The Bertz CT molecular complexity index is 645. The molecule has 0 radical (unpaired) electrons. The number of aromatic nitrogens is 1. The second-order valence-corrected chi connectivity index (χ2v) is 5.11. The first-order chi connectivity index (χ1) is 9.29. The normalized spacial score (nSPS) is 19.2. The van der Waals surface area contributed by atoms with Gasteiger partial charge in [0, 0.05) is 11.3 Å². The number of pyridine rings is 1. The lowest BCUT2D eigenvalue weighted by Gasteiger charge is -2.34. The average molecular weight is 253 g/mol. The zero-order valence-corrected chi connectivity index (χ0v) is 10.8. The third kappa shape index (κ3) is 1.49. The third-order valence-corrected chi connectivity index (χ3v) is 3.88. The number of hydrogen-bond acceptors (Lipinski definition) is 3. The van der Waals surface area contributed by atoms with Crippen molar-refractivity contribution in [1.29, 1.82) is 0 Å². The topological polar surface area (TPSA) is 31.4 Å². The Morgan fingerprint density at radius 2 is 1.79 bits per heavy atom. The fraction of sp³-hybridized carbons (Fsp3) is 0.312. The molecule has 19 heavy (non-hydrogen) atoms. The molecule has 1 aromatic heterocycles. The highest BCUT2D eigenvalue weighted by Crippen LogP contribution is 2.44. The summed E-state index contributed by atoms with van der Waals surface area (Å²) in [4.78, 5) is 4.70. The molecule has 0 saturated carbocycles. The van der Waals surface area contributed by atoms with Crippen LogP contribution in [0.15, 0.2) is 36.4 Å². The van der Waals surface area contributed by atoms with Gasteiger partial charge in [0.2, 0.25) is 5.79 Å². The number of hydrogen-bond donors (Lipinski definition) is 0. The molecule has 3 heteroatoms. The summed E-state index contributed by atoms with van der Waals surface area (Å²) in [6.07, 6.45) is 0.896. The summed E-state index contributed by atoms with van der Waals surface area (Å²) in [7, 11) is 0. The number of aryl methyl sites for hydroxylation is 1. The largest absolute Gasteiger partial charge is 0.339 e. The van der Waals surface area contributed by atoms with Gasteiger partial charge in [-0.25, -0.2) is 0 Å². The summed E-state index contributed by atoms with van der Waals surface area (Å²) < 4.78 is 12.0. The maximum atomic E-state index is 6.00. The number of benzene rings is 1. The summed E-state index contributed by atoms with van der Waals surface area (Å²) in [5, 5.41) is 0. The van der Waals surface area contributed by atoms with Crippen LogP contribution in [0.25, 0.3) is 0 Å². The van der Waals surface area contributed by atoms with Gasteiger partial charge in [0.05, 0.1) is 13.2 Å². The molecule has 0 amide bonds. The predicted octanol–water partition coefficient (Wildman–Crippen LogP) is 2.54. The van der Waals surface area contributed by atoms with Crippen LogP contribution >= 0.6 is 0 Å². The first-order valence-corrected chi connectivity index (χ1v) is 6.63. The summed E-state index contributed by atoms with van der Waals surface area (Å²) >= 11 is 0. The van der Waals surface area contributed by atoms with Crippen molar-refractivity contribution in [2.24, 2.45) is 0 Å². The van der Waals surface area contributed by atoms with Gasteiger partial charge in [-0.2, -0.15) is 0 Å². The van der Waals surface area contributed by atoms with E-state index >= 15 is 0 Å². The van der Waals surface area contributed by atoms with Crippen molar-refractivity contribution in [1.82, 2.24) is 4.98 Å². The molecule has 1 aliphatic carbocycles. The van der Waals surface area contributed by atoms with E-state index in [1.54, 1.807) is 0 Å². The van der Waals surface area contributed by atoms with Crippen molar-refractivity contribution in [2.45, 2.75) is 19.1 Å². The zero-order chi connectivity index (χ0) is 12.9. The second-order valence-electron chi connectivity index (χ2n) is 5.11. The molecule has 1 spiro atoms. The lowest BCUT2D eigenvalue weighted by Crippen LogP contribution is -2.35. The van der Waals surface area contributed by atoms with Crippen LogP contribution in [-0.4, -0.2) is 18.2 Å². The molecule has 1 aromatic carbocycles. The fourth-order valence-corrected chi connectivity index (χ4v) is 3.05. The minimum absolute atomic E-state index is 0.614. The van der Waals surface area contributed by atoms with Gasteiger partial charge in [0.25, 0.3) is 0 Å². The van der Waals surface area contributed by atoms with Crippen molar-refractivity contribution < 1.29 is 9.47 Å². The highest BCUT2D eigenvalue weighted by Gasteiger charge is 2.47. The summed E-state index contributed by atoms with van der Waals surface area (Å²) in [6, 6.07) is 12.5. The van der Waals surface area contributed by atoms with E-state index < -0.39 is 5.79 Å². The maximum Gasteiger partial charge on any atom is 0.240 e. The van der Waals surface area contributed by atoms with Crippen LogP contribution in [0.2, 0.25) is 0 Å². The van der Waals surface area contributed by atoms with Crippen LogP contribution < -0.4 is 0 Å². The van der Waals surface area contributed by atoms with E-state index in [1.807, 2.05) is 13.0 Å². The molecule has 0 unspecified atom stereocenters. The number of ether oxygens (including phenoxy) is 2. The van der Waals surface area contributed by atoms with Gasteiger partial charge in [0.1, 0.15) is 5.69 Å². The lowest BCUT2D eigenvalue weighted by molar-refractivity contribution is -0.135. The van der Waals surface area contributed by atoms with Crippen LogP contribution in [0.3, 0.4) is 0 Å². The molecule has 0 bridgehead atoms. The van der Waals surface area contributed by atoms with Crippen LogP contribution in [0, 0.1) is 6.92 Å². The van der Waals surface area contributed by atoms with E-state index in [0.29, 0.717) is 13.2 Å². The lowest BCUT2D eigenvalue weighted by atomic mass is 9.84. The Balaban J connectivity index is 2.01. The van der Waals surface area contributed by atoms with Gasteiger partial charge in [-0.15, -0.1) is 0 Å². The van der Waals surface area contributed by atoms with Crippen molar-refractivity contribution in [3.05, 3.63) is 64.5 Å². The van der Waals surface area contributed by atoms with E-state index in [2.05, 4.69) is 30.3 Å². The molecule has 1 saturated heterocycles. The summed E-state index contributed by atoms with van der Waals surface area (Å²) in [6.45, 7) is 3.23. The van der Waals surface area contributed by atoms with Gasteiger partial charge < -0.3 is 9.47 Å². The Kier molecular flexibility index (Phi) is 2.28. The average Bonchev–Trinajstić information content (AvgIpc) is 2.91. The molecule has 96 valence electrons. The summed E-state index contributed by atoms with van der Waals surface area (Å²) in [5.74, 6) is -0.782. The third-order valence-electron chi connectivity index (χ3n) is 3.88. The van der Waals surface area contributed by atoms with Crippen LogP contribution in [0.5, 0.6) is 0 Å². The Hall–Kier alpha value is -1.71. The van der Waals surface area contributed by atoms with Gasteiger partial charge in [-0.05, 0) is 30.5 Å². The van der Waals surface area contributed by atoms with Crippen LogP contribution in [0.4, 0.5) is 0 Å². The highest BCUT2D eigenvalue weighted by atomic mass is 16.7. The minimum Gasteiger partial charge on any atom is -0.339 e. The molecule has 0 atom stereocenters. The van der Waals surface area contributed by atoms with Gasteiger partial charge in [-0.3, -0.25) is 4.98 Å². The number of fused-ring (bicyclic) bond motifs is 4. The molecular formula is C16H15NO2. The molecule has 0 N–H and O–H groups in total. The molecule has 2 aliphatic rings. The van der Waals surface area contributed by atoms with Gasteiger partial charge in [-0.1, -0.05) is 30.3 Å². The highest BCUT2D eigenvalue weighted by molar-refractivity contribution is 5.48. The summed E-state index contributed by atoms with van der Waals surface area (Å²) in [5.41, 5.74) is 5.51. The minimum atomic E-state index is -0.782. The molecule has 3 nitrogen and oxygen atoms in total. The monoisotopic (exact) mass is 253 g/mol. The standard InChI is InChI=1S/C16H15NO2/c1-11-6-7-13-10-12-4-2-3-5-14(12)16(15(13)17-11)18-8-9-19-16/h2-7H,8-10H2,1H3. The molecule has 2 heterocycles. The maximum absolute atomic E-state index is 6.00. The van der Waals surface area contributed by atoms with Gasteiger partial charge in [0.15, 0.2) is 0 Å². The fourth-order valence-electron chi connectivity index (χ4n) is 3.05. The van der Waals surface area contributed by atoms with Gasteiger partial charge >= 0.3 is 0 Å². The van der Waals surface area contributed by atoms with E-state index in [0.717, 1.165) is 23.4 Å². The molecule has 2 aromatic rings. The predicted molar refractivity (Wildman–Crippen MR) is 70.9 cm³/mol. The molecule has 1 aliphatic heterocycles. The van der Waals surface area contributed by atoms with E-state index in [9.17, 15) is 0 Å². The number of nitrogens with zero attached hydrogens (tertiary/aromatic N) is 1. The smallest absolute Gasteiger partial charge is 0.240 e. The van der Waals surface area contributed by atoms with Crippen LogP contribution in [-0.2, 0) is 21.7 Å². The van der Waals surface area contributed by atoms with Crippen molar-refractivity contribution >= 4 is 0 Å². The molecular weight excluding hydrogens is 238 g/mol. The van der Waals surface area contributed by atoms with E-state index in [1.165, 1.54) is 11.1 Å². The molecule has 4 rings (SSSR count). The quantitative estimate of drug-likeness (QED) is 0.723. The van der Waals surface area contributed by atoms with E-state index in [4.69, 9.17) is 14.5 Å². The zero-order valence-electron chi connectivity index (χ0n) is 10.8. The SMILES string of the molecule is Cc1ccc2c(n1)C1(OCCO1)c1ccccc1C2. The second kappa shape index (κ2) is 3.89. The van der Waals surface area contributed by atoms with Crippen molar-refractivity contribution in [3.8, 4) is 0 Å². The Morgan fingerprint density at radius 1 is 1.00 bits per heavy atom. The van der Waals surface area contributed by atoms with Crippen molar-refractivity contribution in [2.75, 3.05) is 13.2 Å². The van der Waals surface area contributed by atoms with E-state index in [-0.39, 0.29) is 0 Å². The Morgan fingerprint density at radius 3 is 2.63 bits per heavy atom. The van der Waals surface area contributed by atoms with Crippen molar-refractivity contribution in [3.63, 3.8) is 0 Å². The number of rotatable bonds is 0.